The van der Waals surface area contributed by atoms with Gasteiger partial charge in [0.2, 0.25) is 5.91 Å². The molecule has 1 heterocycles. The van der Waals surface area contributed by atoms with Gasteiger partial charge in [0.05, 0.1) is 12.2 Å². The number of carbonyl (C=O) groups excluding carboxylic acids is 1. The van der Waals surface area contributed by atoms with Crippen molar-refractivity contribution in [1.29, 1.82) is 0 Å². The monoisotopic (exact) mass is 352 g/mol. The minimum atomic E-state index is -1.04. The smallest absolute Gasteiger partial charge is 0.303 e. The van der Waals surface area contributed by atoms with E-state index in [4.69, 9.17) is 5.11 Å². The number of aryl methyl sites for hydroxylation is 1. The fourth-order valence-electron chi connectivity index (χ4n) is 1.66. The summed E-state index contributed by atoms with van der Waals surface area (Å²) >= 11 is 0.967. The highest BCUT2D eigenvalue weighted by atomic mass is 32.2. The van der Waals surface area contributed by atoms with Crippen molar-refractivity contribution in [3.8, 4) is 0 Å². The third-order valence-electron chi connectivity index (χ3n) is 2.79. The Bertz CT molecular complexity index is 794. The van der Waals surface area contributed by atoms with Gasteiger partial charge in [-0.25, -0.2) is 4.39 Å². The van der Waals surface area contributed by atoms with E-state index in [0.717, 1.165) is 11.8 Å². The summed E-state index contributed by atoms with van der Waals surface area (Å²) in [5.74, 6) is -1.83. The number of aromatic amines is 1. The van der Waals surface area contributed by atoms with E-state index in [0.29, 0.717) is 5.69 Å². The fraction of sp³-hybridized carbons (Fsp3) is 0.214. The number of aromatic nitrogens is 3. The third kappa shape index (κ3) is 5.47. The summed E-state index contributed by atoms with van der Waals surface area (Å²) in [6.45, 7) is 0. The maximum atomic E-state index is 12.8. The number of amides is 1. The number of aliphatic carboxylic acids is 1. The minimum absolute atomic E-state index is 0.0202. The molecule has 0 fully saturated rings. The van der Waals surface area contributed by atoms with E-state index in [-0.39, 0.29) is 35.4 Å². The number of carboxylic acid groups (broad SMARTS) is 1. The van der Waals surface area contributed by atoms with E-state index in [1.165, 1.54) is 24.3 Å². The number of nitrogens with zero attached hydrogens (tertiary/aromatic N) is 2. The maximum Gasteiger partial charge on any atom is 0.303 e. The fourth-order valence-corrected chi connectivity index (χ4v) is 2.27. The number of halogens is 1. The van der Waals surface area contributed by atoms with Gasteiger partial charge in [0.25, 0.3) is 5.56 Å². The van der Waals surface area contributed by atoms with Crippen LogP contribution in [-0.4, -0.2) is 37.9 Å². The Balaban J connectivity index is 1.88. The molecule has 0 radical (unpaired) electrons. The molecule has 2 aromatic rings. The lowest BCUT2D eigenvalue weighted by Gasteiger charge is -2.04. The molecule has 126 valence electrons. The lowest BCUT2D eigenvalue weighted by atomic mass is 10.2. The molecule has 2 rings (SSSR count). The lowest BCUT2D eigenvalue weighted by molar-refractivity contribution is -0.137. The predicted octanol–water partition coefficient (Wildman–Crippen LogP) is 1.05. The molecule has 0 aliphatic rings. The molecule has 3 N–H and O–H groups in total. The van der Waals surface area contributed by atoms with Gasteiger partial charge < -0.3 is 10.4 Å². The summed E-state index contributed by atoms with van der Waals surface area (Å²) in [5.41, 5.74) is -0.0594. The van der Waals surface area contributed by atoms with Gasteiger partial charge in [0.1, 0.15) is 11.5 Å². The quantitative estimate of drug-likeness (QED) is 0.636. The van der Waals surface area contributed by atoms with E-state index < -0.39 is 17.3 Å². The van der Waals surface area contributed by atoms with E-state index in [2.05, 4.69) is 20.5 Å². The molecule has 0 atom stereocenters. The molecule has 0 bridgehead atoms. The van der Waals surface area contributed by atoms with Crippen molar-refractivity contribution >= 4 is 29.3 Å². The first kappa shape index (κ1) is 17.6. The first-order valence-corrected chi connectivity index (χ1v) is 7.78. The number of carbonyl (C=O) groups is 2. The van der Waals surface area contributed by atoms with Gasteiger partial charge in [-0.1, -0.05) is 11.8 Å². The van der Waals surface area contributed by atoms with Crippen LogP contribution in [0.15, 0.2) is 34.2 Å². The molecular weight excluding hydrogens is 339 g/mol. The van der Waals surface area contributed by atoms with Gasteiger partial charge in [0.15, 0.2) is 5.16 Å². The summed E-state index contributed by atoms with van der Waals surface area (Å²) in [7, 11) is 0. The number of nitrogens with one attached hydrogen (secondary N) is 2. The first-order valence-electron chi connectivity index (χ1n) is 6.80. The van der Waals surface area contributed by atoms with E-state index in [1.807, 2.05) is 0 Å². The van der Waals surface area contributed by atoms with Gasteiger partial charge in [-0.15, -0.1) is 10.2 Å². The molecular formula is C14H13FN4O4S. The topological polar surface area (TPSA) is 125 Å². The number of hydrogen-bond donors (Lipinski definition) is 3. The standard InChI is InChI=1S/C14H13FN4O4S/c15-8-1-3-9(4-2-8)16-11(20)7-24-14-17-13(23)10(18-19-14)5-6-12(21)22/h1-4H,5-7H2,(H,16,20)(H,21,22)(H,17,19,23). The molecule has 1 aromatic carbocycles. The van der Waals surface area contributed by atoms with Crippen LogP contribution in [0.5, 0.6) is 0 Å². The summed E-state index contributed by atoms with van der Waals surface area (Å²) in [4.78, 5) is 36.4. The second-order valence-electron chi connectivity index (χ2n) is 4.64. The molecule has 0 saturated carbocycles. The molecule has 8 nitrogen and oxygen atoms in total. The van der Waals surface area contributed by atoms with Crippen LogP contribution >= 0.6 is 11.8 Å². The zero-order valence-electron chi connectivity index (χ0n) is 12.3. The summed E-state index contributed by atoms with van der Waals surface area (Å²) in [6.07, 6.45) is -0.238. The average Bonchev–Trinajstić information content (AvgIpc) is 2.54. The number of anilines is 1. The van der Waals surface area contributed by atoms with Crippen molar-refractivity contribution in [3.63, 3.8) is 0 Å². The van der Waals surface area contributed by atoms with E-state index in [9.17, 15) is 18.8 Å². The Kier molecular flexibility index (Phi) is 6.01. The van der Waals surface area contributed by atoms with Crippen LogP contribution in [0.4, 0.5) is 10.1 Å². The van der Waals surface area contributed by atoms with Gasteiger partial charge >= 0.3 is 5.97 Å². The van der Waals surface area contributed by atoms with E-state index >= 15 is 0 Å². The highest BCUT2D eigenvalue weighted by molar-refractivity contribution is 7.99. The molecule has 0 aliphatic heterocycles. The van der Waals surface area contributed by atoms with E-state index in [1.54, 1.807) is 0 Å². The Hall–Kier alpha value is -2.75. The zero-order valence-corrected chi connectivity index (χ0v) is 13.1. The lowest BCUT2D eigenvalue weighted by Crippen LogP contribution is -2.19. The largest absolute Gasteiger partial charge is 0.481 e. The number of hydrogen-bond acceptors (Lipinski definition) is 6. The minimum Gasteiger partial charge on any atom is -0.481 e. The van der Waals surface area contributed by atoms with Crippen LogP contribution in [0.3, 0.4) is 0 Å². The van der Waals surface area contributed by atoms with Crippen LogP contribution < -0.4 is 10.9 Å². The van der Waals surface area contributed by atoms with Crippen molar-refractivity contribution in [2.45, 2.75) is 18.0 Å². The SMILES string of the molecule is O=C(O)CCc1nnc(SCC(=O)Nc2ccc(F)cc2)[nH]c1=O. The number of thioether (sulfide) groups is 1. The molecule has 0 aliphatic carbocycles. The highest BCUT2D eigenvalue weighted by Crippen LogP contribution is 2.12. The molecule has 24 heavy (non-hydrogen) atoms. The summed E-state index contributed by atoms with van der Waals surface area (Å²) in [6, 6.07) is 5.30. The zero-order chi connectivity index (χ0) is 17.5. The molecule has 1 amide bonds. The van der Waals surface area contributed by atoms with Crippen molar-refractivity contribution in [1.82, 2.24) is 15.2 Å². The van der Waals surface area contributed by atoms with Crippen molar-refractivity contribution < 1.29 is 19.1 Å². The molecule has 10 heteroatoms. The maximum absolute atomic E-state index is 12.8. The van der Waals surface area contributed by atoms with Crippen LogP contribution in [0, 0.1) is 5.82 Å². The van der Waals surface area contributed by atoms with Crippen molar-refractivity contribution in [3.05, 3.63) is 46.1 Å². The number of benzene rings is 1. The molecule has 0 spiro atoms. The number of H-pyrrole nitrogens is 1. The predicted molar refractivity (Wildman–Crippen MR) is 84.4 cm³/mol. The van der Waals surface area contributed by atoms with Crippen LogP contribution in [0.1, 0.15) is 12.1 Å². The molecule has 0 unspecified atom stereocenters. The third-order valence-corrected chi connectivity index (χ3v) is 3.65. The van der Waals surface area contributed by atoms with Crippen LogP contribution in [-0.2, 0) is 16.0 Å². The van der Waals surface area contributed by atoms with Gasteiger partial charge in [0, 0.05) is 12.1 Å². The summed E-state index contributed by atoms with van der Waals surface area (Å²) in [5, 5.41) is 18.7. The second kappa shape index (κ2) is 8.20. The van der Waals surface area contributed by atoms with Crippen LogP contribution in [0.2, 0.25) is 0 Å². The van der Waals surface area contributed by atoms with Crippen LogP contribution in [0.25, 0.3) is 0 Å². The van der Waals surface area contributed by atoms with Gasteiger partial charge in [-0.05, 0) is 24.3 Å². The average molecular weight is 352 g/mol. The van der Waals surface area contributed by atoms with Crippen molar-refractivity contribution in [2.75, 3.05) is 11.1 Å². The summed E-state index contributed by atoms with van der Waals surface area (Å²) < 4.78 is 12.8. The Morgan fingerprint density at radius 1 is 1.25 bits per heavy atom. The normalized spacial score (nSPS) is 10.4. The Labute approximate surface area is 139 Å². The second-order valence-corrected chi connectivity index (χ2v) is 5.61. The van der Waals surface area contributed by atoms with Gasteiger partial charge in [-0.2, -0.15) is 0 Å². The number of carboxylic acids is 1. The molecule has 1 aromatic heterocycles. The Morgan fingerprint density at radius 3 is 2.58 bits per heavy atom. The Morgan fingerprint density at radius 2 is 1.96 bits per heavy atom. The van der Waals surface area contributed by atoms with Crippen molar-refractivity contribution in [2.24, 2.45) is 0 Å². The first-order chi connectivity index (χ1) is 11.4. The highest BCUT2D eigenvalue weighted by Gasteiger charge is 2.09. The van der Waals surface area contributed by atoms with Gasteiger partial charge in [-0.3, -0.25) is 19.4 Å². The number of rotatable bonds is 7. The molecule has 0 saturated heterocycles.